The van der Waals surface area contributed by atoms with Crippen molar-refractivity contribution in [2.24, 2.45) is 5.92 Å². The zero-order valence-corrected chi connectivity index (χ0v) is 10.8. The molecule has 0 aromatic heterocycles. The van der Waals surface area contributed by atoms with Crippen molar-refractivity contribution in [1.82, 2.24) is 10.2 Å². The SMILES string of the molecule is COCCN(C(=O)C1CCNC1C)C(C)C. The van der Waals surface area contributed by atoms with Gasteiger partial charge in [0.05, 0.1) is 12.5 Å². The van der Waals surface area contributed by atoms with Crippen LogP contribution in [0.15, 0.2) is 0 Å². The van der Waals surface area contributed by atoms with E-state index in [4.69, 9.17) is 4.74 Å². The first-order valence-electron chi connectivity index (χ1n) is 6.10. The molecular formula is C12H24N2O2. The Bertz CT molecular complexity index is 231. The van der Waals surface area contributed by atoms with E-state index in [1.165, 1.54) is 0 Å². The first-order chi connectivity index (χ1) is 7.57. The number of nitrogens with zero attached hydrogens (tertiary/aromatic N) is 1. The molecule has 16 heavy (non-hydrogen) atoms. The van der Waals surface area contributed by atoms with E-state index in [1.54, 1.807) is 7.11 Å². The highest BCUT2D eigenvalue weighted by molar-refractivity contribution is 5.80. The second kappa shape index (κ2) is 6.21. The first-order valence-corrected chi connectivity index (χ1v) is 6.10. The molecule has 1 aliphatic rings. The van der Waals surface area contributed by atoms with Crippen molar-refractivity contribution in [1.29, 1.82) is 0 Å². The molecular weight excluding hydrogens is 204 g/mol. The normalized spacial score (nSPS) is 25.1. The summed E-state index contributed by atoms with van der Waals surface area (Å²) in [6.45, 7) is 8.45. The molecule has 0 aromatic carbocycles. The van der Waals surface area contributed by atoms with Crippen LogP contribution in [0.1, 0.15) is 27.2 Å². The van der Waals surface area contributed by atoms with Crippen LogP contribution in [0.4, 0.5) is 0 Å². The minimum atomic E-state index is 0.138. The van der Waals surface area contributed by atoms with Crippen LogP contribution in [0.25, 0.3) is 0 Å². The summed E-state index contributed by atoms with van der Waals surface area (Å²) in [5, 5.41) is 3.32. The quantitative estimate of drug-likeness (QED) is 0.759. The molecule has 0 aliphatic carbocycles. The maximum atomic E-state index is 12.3. The summed E-state index contributed by atoms with van der Waals surface area (Å²) in [4.78, 5) is 14.3. The highest BCUT2D eigenvalue weighted by Crippen LogP contribution is 2.19. The monoisotopic (exact) mass is 228 g/mol. The minimum Gasteiger partial charge on any atom is -0.383 e. The summed E-state index contributed by atoms with van der Waals surface area (Å²) < 4.78 is 5.05. The van der Waals surface area contributed by atoms with Crippen LogP contribution in [0, 0.1) is 5.92 Å². The summed E-state index contributed by atoms with van der Waals surface area (Å²) in [5.41, 5.74) is 0. The fraction of sp³-hybridized carbons (Fsp3) is 0.917. The molecule has 0 radical (unpaired) electrons. The van der Waals surface area contributed by atoms with E-state index in [0.29, 0.717) is 19.2 Å². The smallest absolute Gasteiger partial charge is 0.227 e. The number of hydrogen-bond donors (Lipinski definition) is 1. The molecule has 0 spiro atoms. The summed E-state index contributed by atoms with van der Waals surface area (Å²) in [5.74, 6) is 0.406. The van der Waals surface area contributed by atoms with Gasteiger partial charge >= 0.3 is 0 Å². The predicted molar refractivity (Wildman–Crippen MR) is 64.3 cm³/mol. The van der Waals surface area contributed by atoms with Gasteiger partial charge in [-0.2, -0.15) is 0 Å². The number of amides is 1. The molecule has 1 fully saturated rings. The molecule has 0 bridgehead atoms. The minimum absolute atomic E-state index is 0.138. The van der Waals surface area contributed by atoms with E-state index in [9.17, 15) is 4.79 Å². The Morgan fingerprint density at radius 3 is 2.69 bits per heavy atom. The summed E-state index contributed by atoms with van der Waals surface area (Å²) >= 11 is 0. The molecule has 2 atom stereocenters. The van der Waals surface area contributed by atoms with Gasteiger partial charge in [0.15, 0.2) is 0 Å². The third-order valence-electron chi connectivity index (χ3n) is 3.29. The average molecular weight is 228 g/mol. The van der Waals surface area contributed by atoms with Gasteiger partial charge in [0.1, 0.15) is 0 Å². The first kappa shape index (κ1) is 13.5. The van der Waals surface area contributed by atoms with Gasteiger partial charge in [-0.15, -0.1) is 0 Å². The Morgan fingerprint density at radius 1 is 1.56 bits per heavy atom. The Morgan fingerprint density at radius 2 is 2.25 bits per heavy atom. The molecule has 94 valence electrons. The lowest BCUT2D eigenvalue weighted by Crippen LogP contribution is -2.45. The van der Waals surface area contributed by atoms with Crippen molar-refractivity contribution in [3.8, 4) is 0 Å². The van der Waals surface area contributed by atoms with E-state index in [1.807, 2.05) is 4.90 Å². The van der Waals surface area contributed by atoms with Crippen molar-refractivity contribution >= 4 is 5.91 Å². The Balaban J connectivity index is 2.59. The third-order valence-corrected chi connectivity index (χ3v) is 3.29. The topological polar surface area (TPSA) is 41.6 Å². The van der Waals surface area contributed by atoms with E-state index >= 15 is 0 Å². The summed E-state index contributed by atoms with van der Waals surface area (Å²) in [7, 11) is 1.67. The fourth-order valence-electron chi connectivity index (χ4n) is 2.22. The van der Waals surface area contributed by atoms with Crippen LogP contribution >= 0.6 is 0 Å². The molecule has 1 rings (SSSR count). The largest absolute Gasteiger partial charge is 0.383 e. The highest BCUT2D eigenvalue weighted by Gasteiger charge is 2.33. The van der Waals surface area contributed by atoms with Gasteiger partial charge in [0.25, 0.3) is 0 Å². The Labute approximate surface area is 98.3 Å². The van der Waals surface area contributed by atoms with Crippen molar-refractivity contribution in [3.63, 3.8) is 0 Å². The number of carbonyl (C=O) groups excluding carboxylic acids is 1. The summed E-state index contributed by atoms with van der Waals surface area (Å²) in [6, 6.07) is 0.548. The van der Waals surface area contributed by atoms with Gasteiger partial charge in [-0.25, -0.2) is 0 Å². The lowest BCUT2D eigenvalue weighted by Gasteiger charge is -2.30. The van der Waals surface area contributed by atoms with Crippen molar-refractivity contribution in [2.45, 2.75) is 39.3 Å². The second-order valence-corrected chi connectivity index (χ2v) is 4.76. The number of carbonyl (C=O) groups is 1. The molecule has 1 saturated heterocycles. The van der Waals surface area contributed by atoms with Gasteiger partial charge < -0.3 is 15.0 Å². The molecule has 1 N–H and O–H groups in total. The van der Waals surface area contributed by atoms with Gasteiger partial charge in [0.2, 0.25) is 5.91 Å². The van der Waals surface area contributed by atoms with Gasteiger partial charge in [-0.05, 0) is 33.7 Å². The average Bonchev–Trinajstić information content (AvgIpc) is 2.64. The van der Waals surface area contributed by atoms with Gasteiger partial charge in [-0.3, -0.25) is 4.79 Å². The van der Waals surface area contributed by atoms with Crippen LogP contribution in [0.3, 0.4) is 0 Å². The van der Waals surface area contributed by atoms with Crippen molar-refractivity contribution in [2.75, 3.05) is 26.8 Å². The second-order valence-electron chi connectivity index (χ2n) is 4.76. The fourth-order valence-corrected chi connectivity index (χ4v) is 2.22. The molecule has 1 aliphatic heterocycles. The van der Waals surface area contributed by atoms with Crippen LogP contribution in [-0.2, 0) is 9.53 Å². The van der Waals surface area contributed by atoms with Crippen LogP contribution in [0.2, 0.25) is 0 Å². The maximum absolute atomic E-state index is 12.3. The van der Waals surface area contributed by atoms with E-state index in [2.05, 4.69) is 26.1 Å². The maximum Gasteiger partial charge on any atom is 0.227 e. The van der Waals surface area contributed by atoms with Crippen LogP contribution in [0.5, 0.6) is 0 Å². The Kier molecular flexibility index (Phi) is 5.22. The van der Waals surface area contributed by atoms with Crippen LogP contribution < -0.4 is 5.32 Å². The lowest BCUT2D eigenvalue weighted by molar-refractivity contribution is -0.138. The number of methoxy groups -OCH3 is 1. The zero-order valence-electron chi connectivity index (χ0n) is 10.8. The summed E-state index contributed by atoms with van der Waals surface area (Å²) in [6.07, 6.45) is 0.955. The van der Waals surface area contributed by atoms with Crippen LogP contribution in [-0.4, -0.2) is 49.7 Å². The molecule has 1 heterocycles. The van der Waals surface area contributed by atoms with E-state index in [0.717, 1.165) is 13.0 Å². The predicted octanol–water partition coefficient (Wildman–Crippen LogP) is 0.868. The molecule has 0 saturated carbocycles. The van der Waals surface area contributed by atoms with Gasteiger partial charge in [0, 0.05) is 25.7 Å². The number of rotatable bonds is 5. The molecule has 0 aromatic rings. The highest BCUT2D eigenvalue weighted by atomic mass is 16.5. The molecule has 4 heteroatoms. The number of ether oxygens (including phenoxy) is 1. The Hall–Kier alpha value is -0.610. The lowest BCUT2D eigenvalue weighted by atomic mass is 9.99. The molecule has 1 amide bonds. The number of hydrogen-bond acceptors (Lipinski definition) is 3. The zero-order chi connectivity index (χ0) is 12.1. The van der Waals surface area contributed by atoms with Gasteiger partial charge in [-0.1, -0.05) is 0 Å². The van der Waals surface area contributed by atoms with E-state index < -0.39 is 0 Å². The van der Waals surface area contributed by atoms with Crippen molar-refractivity contribution in [3.05, 3.63) is 0 Å². The molecule has 4 nitrogen and oxygen atoms in total. The third kappa shape index (κ3) is 3.19. The number of nitrogens with one attached hydrogen (secondary N) is 1. The van der Waals surface area contributed by atoms with Crippen molar-refractivity contribution < 1.29 is 9.53 Å². The van der Waals surface area contributed by atoms with E-state index in [-0.39, 0.29) is 17.9 Å². The standard InChI is InChI=1S/C12H24N2O2/c1-9(2)14(7-8-16-4)12(15)11-5-6-13-10(11)3/h9-11,13H,5-8H2,1-4H3. The molecule has 2 unspecified atom stereocenters.